The average Bonchev–Trinajstić information content (AvgIpc) is 2.85. The first-order valence-corrected chi connectivity index (χ1v) is 6.34. The third kappa shape index (κ3) is 2.92. The molecule has 2 fully saturated rings. The lowest BCUT2D eigenvalue weighted by Crippen LogP contribution is -2.40. The maximum absolute atomic E-state index is 6.05. The van der Waals surface area contributed by atoms with Crippen LogP contribution < -0.4 is 11.1 Å². The summed E-state index contributed by atoms with van der Waals surface area (Å²) in [6, 6.07) is 1.02. The van der Waals surface area contributed by atoms with Crippen molar-refractivity contribution in [1.29, 1.82) is 0 Å². The maximum atomic E-state index is 6.05. The number of rotatable bonds is 4. The van der Waals surface area contributed by atoms with E-state index in [4.69, 9.17) is 10.5 Å². The lowest BCUT2D eigenvalue weighted by Gasteiger charge is -2.23. The Balaban J connectivity index is 1.67. The van der Waals surface area contributed by atoms with Gasteiger partial charge in [-0.2, -0.15) is 0 Å². The highest BCUT2D eigenvalue weighted by Gasteiger charge is 2.26. The Hall–Kier alpha value is -0.120. The maximum Gasteiger partial charge on any atom is 0.0509 e. The van der Waals surface area contributed by atoms with Crippen molar-refractivity contribution in [3.63, 3.8) is 0 Å². The minimum Gasteiger partial charge on any atom is -0.381 e. The summed E-state index contributed by atoms with van der Waals surface area (Å²) in [7, 11) is 0. The molecule has 4 unspecified atom stereocenters. The molecule has 1 saturated heterocycles. The fraction of sp³-hybridized carbons (Fsp3) is 1.00. The first-order valence-electron chi connectivity index (χ1n) is 6.34. The number of ether oxygens (including phenoxy) is 1. The molecule has 2 rings (SSSR count). The van der Waals surface area contributed by atoms with Crippen LogP contribution in [-0.4, -0.2) is 31.8 Å². The van der Waals surface area contributed by atoms with Crippen molar-refractivity contribution in [3.05, 3.63) is 0 Å². The van der Waals surface area contributed by atoms with E-state index in [1.807, 2.05) is 0 Å². The lowest BCUT2D eigenvalue weighted by atomic mass is 9.98. The Labute approximate surface area is 92.7 Å². The number of nitrogens with one attached hydrogen (secondary N) is 1. The van der Waals surface area contributed by atoms with E-state index in [1.165, 1.54) is 25.7 Å². The molecule has 0 aromatic rings. The van der Waals surface area contributed by atoms with Gasteiger partial charge in [0.15, 0.2) is 0 Å². The predicted molar refractivity (Wildman–Crippen MR) is 61.7 cm³/mol. The van der Waals surface area contributed by atoms with Gasteiger partial charge in [0.1, 0.15) is 0 Å². The van der Waals surface area contributed by atoms with Gasteiger partial charge in [0.2, 0.25) is 0 Å². The van der Waals surface area contributed by atoms with Gasteiger partial charge >= 0.3 is 0 Å². The molecular weight excluding hydrogens is 188 g/mol. The summed E-state index contributed by atoms with van der Waals surface area (Å²) in [4.78, 5) is 0. The fourth-order valence-electron chi connectivity index (χ4n) is 2.77. The summed E-state index contributed by atoms with van der Waals surface area (Å²) >= 11 is 0. The van der Waals surface area contributed by atoms with Crippen LogP contribution in [-0.2, 0) is 4.74 Å². The Kier molecular flexibility index (Phi) is 4.00. The van der Waals surface area contributed by atoms with Gasteiger partial charge in [0, 0.05) is 18.7 Å². The molecule has 3 N–H and O–H groups in total. The quantitative estimate of drug-likeness (QED) is 0.734. The van der Waals surface area contributed by atoms with Gasteiger partial charge in [-0.15, -0.1) is 0 Å². The smallest absolute Gasteiger partial charge is 0.0509 e. The van der Waals surface area contributed by atoms with Crippen molar-refractivity contribution in [2.24, 2.45) is 17.6 Å². The number of hydrogen-bond acceptors (Lipinski definition) is 3. The first kappa shape index (κ1) is 11.4. The molecule has 0 radical (unpaired) electrons. The Morgan fingerprint density at radius 1 is 1.40 bits per heavy atom. The second-order valence-electron chi connectivity index (χ2n) is 5.18. The molecule has 4 atom stereocenters. The first-order chi connectivity index (χ1) is 7.27. The van der Waals surface area contributed by atoms with Gasteiger partial charge in [-0.25, -0.2) is 0 Å². The molecule has 88 valence electrons. The van der Waals surface area contributed by atoms with Crippen LogP contribution in [0.15, 0.2) is 0 Å². The molecule has 0 aromatic carbocycles. The summed E-state index contributed by atoms with van der Waals surface area (Å²) in [6.45, 7) is 5.25. The molecule has 0 aromatic heterocycles. The van der Waals surface area contributed by atoms with Crippen LogP contribution in [0.4, 0.5) is 0 Å². The van der Waals surface area contributed by atoms with Crippen LogP contribution in [0, 0.1) is 11.8 Å². The van der Waals surface area contributed by atoms with E-state index < -0.39 is 0 Å². The van der Waals surface area contributed by atoms with Gasteiger partial charge in [0.25, 0.3) is 0 Å². The molecule has 1 heterocycles. The van der Waals surface area contributed by atoms with Crippen LogP contribution in [0.3, 0.4) is 0 Å². The molecule has 1 aliphatic heterocycles. The largest absolute Gasteiger partial charge is 0.381 e. The van der Waals surface area contributed by atoms with E-state index >= 15 is 0 Å². The Bertz CT molecular complexity index is 192. The molecular formula is C12H24N2O. The highest BCUT2D eigenvalue weighted by atomic mass is 16.5. The Morgan fingerprint density at radius 2 is 2.27 bits per heavy atom. The molecule has 1 saturated carbocycles. The third-order valence-electron chi connectivity index (χ3n) is 4.09. The molecule has 1 aliphatic carbocycles. The SMILES string of the molecule is CC(NCC1CCCC1N)C1CCOC1. The summed E-state index contributed by atoms with van der Waals surface area (Å²) in [5.74, 6) is 1.41. The van der Waals surface area contributed by atoms with Gasteiger partial charge < -0.3 is 15.8 Å². The molecule has 0 amide bonds. The normalized spacial score (nSPS) is 38.4. The summed E-state index contributed by atoms with van der Waals surface area (Å²) in [6.07, 6.45) is 5.05. The summed E-state index contributed by atoms with van der Waals surface area (Å²) in [5, 5.41) is 3.64. The fourth-order valence-corrected chi connectivity index (χ4v) is 2.77. The molecule has 15 heavy (non-hydrogen) atoms. The van der Waals surface area contributed by atoms with Gasteiger partial charge in [-0.05, 0) is 44.6 Å². The monoisotopic (exact) mass is 212 g/mol. The Morgan fingerprint density at radius 3 is 2.87 bits per heavy atom. The van der Waals surface area contributed by atoms with Crippen molar-refractivity contribution < 1.29 is 4.74 Å². The molecule has 3 heteroatoms. The third-order valence-corrected chi connectivity index (χ3v) is 4.09. The minimum atomic E-state index is 0.435. The van der Waals surface area contributed by atoms with Gasteiger partial charge in [-0.3, -0.25) is 0 Å². The summed E-state index contributed by atoms with van der Waals surface area (Å²) < 4.78 is 5.41. The zero-order valence-corrected chi connectivity index (χ0v) is 9.74. The molecule has 2 aliphatic rings. The predicted octanol–water partition coefficient (Wildman–Crippen LogP) is 1.13. The van der Waals surface area contributed by atoms with Crippen LogP contribution in [0.25, 0.3) is 0 Å². The highest BCUT2D eigenvalue weighted by Crippen LogP contribution is 2.24. The van der Waals surface area contributed by atoms with Crippen LogP contribution in [0.5, 0.6) is 0 Å². The van der Waals surface area contributed by atoms with E-state index in [-0.39, 0.29) is 0 Å². The number of nitrogens with two attached hydrogens (primary N) is 1. The van der Waals surface area contributed by atoms with Crippen LogP contribution in [0.1, 0.15) is 32.6 Å². The highest BCUT2D eigenvalue weighted by molar-refractivity contribution is 4.84. The van der Waals surface area contributed by atoms with E-state index in [0.717, 1.165) is 19.8 Å². The van der Waals surface area contributed by atoms with Crippen LogP contribution in [0.2, 0.25) is 0 Å². The second kappa shape index (κ2) is 5.28. The average molecular weight is 212 g/mol. The van der Waals surface area contributed by atoms with Gasteiger partial charge in [0.05, 0.1) is 6.61 Å². The topological polar surface area (TPSA) is 47.3 Å². The molecule has 0 bridgehead atoms. The molecule has 3 nitrogen and oxygen atoms in total. The lowest BCUT2D eigenvalue weighted by molar-refractivity contribution is 0.177. The number of hydrogen-bond donors (Lipinski definition) is 2. The zero-order chi connectivity index (χ0) is 10.7. The van der Waals surface area contributed by atoms with Crippen molar-refractivity contribution in [2.75, 3.05) is 19.8 Å². The van der Waals surface area contributed by atoms with Crippen molar-refractivity contribution >= 4 is 0 Å². The standard InChI is InChI=1S/C12H24N2O/c1-9(11-5-6-15-8-11)14-7-10-3-2-4-12(10)13/h9-12,14H,2-8,13H2,1H3. The van der Waals surface area contributed by atoms with Crippen molar-refractivity contribution in [1.82, 2.24) is 5.32 Å². The van der Waals surface area contributed by atoms with Crippen LogP contribution >= 0.6 is 0 Å². The van der Waals surface area contributed by atoms with Gasteiger partial charge in [-0.1, -0.05) is 6.42 Å². The van der Waals surface area contributed by atoms with E-state index in [2.05, 4.69) is 12.2 Å². The van der Waals surface area contributed by atoms with E-state index in [0.29, 0.717) is 23.9 Å². The van der Waals surface area contributed by atoms with E-state index in [9.17, 15) is 0 Å². The van der Waals surface area contributed by atoms with E-state index in [1.54, 1.807) is 0 Å². The molecule has 0 spiro atoms. The van der Waals surface area contributed by atoms with Crippen molar-refractivity contribution in [2.45, 2.75) is 44.7 Å². The zero-order valence-electron chi connectivity index (χ0n) is 9.74. The van der Waals surface area contributed by atoms with Crippen molar-refractivity contribution in [3.8, 4) is 0 Å². The second-order valence-corrected chi connectivity index (χ2v) is 5.18. The minimum absolute atomic E-state index is 0.435. The summed E-state index contributed by atoms with van der Waals surface area (Å²) in [5.41, 5.74) is 6.05.